The minimum absolute atomic E-state index is 0.0580. The molecule has 7 heteroatoms. The van der Waals surface area contributed by atoms with Crippen LogP contribution in [0.5, 0.6) is 0 Å². The lowest BCUT2D eigenvalue weighted by Gasteiger charge is -2.22. The number of rotatable bonds is 6. The van der Waals surface area contributed by atoms with Crippen molar-refractivity contribution in [2.24, 2.45) is 0 Å². The van der Waals surface area contributed by atoms with Gasteiger partial charge in [0, 0.05) is 38.1 Å². The number of fused-ring (bicyclic) bond motifs is 1. The summed E-state index contributed by atoms with van der Waals surface area (Å²) in [5.41, 5.74) is 2.16. The van der Waals surface area contributed by atoms with E-state index in [1.54, 1.807) is 12.1 Å². The predicted molar refractivity (Wildman–Crippen MR) is 94.1 cm³/mol. The van der Waals surface area contributed by atoms with Crippen LogP contribution in [0, 0.1) is 12.7 Å². The van der Waals surface area contributed by atoms with Crippen molar-refractivity contribution in [3.63, 3.8) is 0 Å². The van der Waals surface area contributed by atoms with Crippen molar-refractivity contribution in [1.29, 1.82) is 0 Å². The molecule has 1 aromatic carbocycles. The number of ether oxygens (including phenoxy) is 1. The number of hydrogen-bond acceptors (Lipinski definition) is 4. The first-order chi connectivity index (χ1) is 12.6. The molecule has 1 N–H and O–H groups in total. The molecular formula is C19H23FN4O2. The number of aromatic amines is 1. The standard InChI is InChI=1S/C19H23FN4O2/c1-13-21-9-16(22-13)10-23-11-17-18(12-23)26-19(25)24(17)8-2-3-14-4-6-15(20)7-5-14/h4-7,9,17-18H,2-3,8,10-12H2,1H3,(H,21,22)/t17-,18+/m1/s1. The Labute approximate surface area is 152 Å². The number of amides is 1. The zero-order valence-corrected chi connectivity index (χ0v) is 14.8. The number of halogens is 1. The van der Waals surface area contributed by atoms with Gasteiger partial charge in [-0.15, -0.1) is 0 Å². The van der Waals surface area contributed by atoms with Gasteiger partial charge >= 0.3 is 6.09 Å². The Morgan fingerprint density at radius 1 is 1.31 bits per heavy atom. The normalized spacial score (nSPS) is 22.7. The van der Waals surface area contributed by atoms with E-state index in [1.807, 2.05) is 18.0 Å². The second-order valence-electron chi connectivity index (χ2n) is 7.10. The van der Waals surface area contributed by atoms with Crippen LogP contribution in [0.4, 0.5) is 9.18 Å². The Kier molecular flexibility index (Phi) is 4.63. The van der Waals surface area contributed by atoms with Gasteiger partial charge in [-0.1, -0.05) is 12.1 Å². The van der Waals surface area contributed by atoms with Gasteiger partial charge in [0.15, 0.2) is 0 Å². The van der Waals surface area contributed by atoms with E-state index in [4.69, 9.17) is 4.74 Å². The van der Waals surface area contributed by atoms with Crippen molar-refractivity contribution >= 4 is 6.09 Å². The number of carbonyl (C=O) groups excluding carboxylic acids is 1. The van der Waals surface area contributed by atoms with Crippen LogP contribution >= 0.6 is 0 Å². The lowest BCUT2D eigenvalue weighted by atomic mass is 10.1. The molecule has 0 saturated carbocycles. The molecule has 0 aliphatic carbocycles. The lowest BCUT2D eigenvalue weighted by molar-refractivity contribution is 0.120. The Bertz CT molecular complexity index is 776. The molecule has 138 valence electrons. The lowest BCUT2D eigenvalue weighted by Crippen LogP contribution is -2.38. The van der Waals surface area contributed by atoms with E-state index in [2.05, 4.69) is 14.9 Å². The third kappa shape index (κ3) is 3.58. The van der Waals surface area contributed by atoms with Gasteiger partial charge in [-0.05, 0) is 37.5 Å². The fourth-order valence-electron chi connectivity index (χ4n) is 3.86. The molecule has 2 atom stereocenters. The van der Waals surface area contributed by atoms with Gasteiger partial charge in [-0.25, -0.2) is 14.2 Å². The summed E-state index contributed by atoms with van der Waals surface area (Å²) in [6.45, 7) is 4.95. The number of imidazole rings is 1. The molecule has 2 aromatic rings. The SMILES string of the molecule is Cc1ncc(CN2C[C@@H]3OC(=O)N(CCCc4ccc(F)cc4)[C@@H]3C2)[nH]1. The molecule has 2 saturated heterocycles. The zero-order chi connectivity index (χ0) is 18.1. The van der Waals surface area contributed by atoms with Gasteiger partial charge in [0.05, 0.1) is 6.04 Å². The Balaban J connectivity index is 1.31. The largest absolute Gasteiger partial charge is 0.442 e. The molecule has 0 bridgehead atoms. The number of carbonyl (C=O) groups is 1. The second kappa shape index (κ2) is 7.07. The molecule has 1 aromatic heterocycles. The summed E-state index contributed by atoms with van der Waals surface area (Å²) < 4.78 is 18.5. The van der Waals surface area contributed by atoms with E-state index in [0.717, 1.165) is 49.6 Å². The summed E-state index contributed by atoms with van der Waals surface area (Å²) in [6, 6.07) is 6.65. The van der Waals surface area contributed by atoms with Crippen molar-refractivity contribution in [3.8, 4) is 0 Å². The highest BCUT2D eigenvalue weighted by molar-refractivity contribution is 5.71. The quantitative estimate of drug-likeness (QED) is 0.862. The average Bonchev–Trinajstić information content (AvgIpc) is 3.26. The molecule has 1 amide bonds. The van der Waals surface area contributed by atoms with Gasteiger partial charge in [0.2, 0.25) is 0 Å². The predicted octanol–water partition coefficient (Wildman–Crippen LogP) is 2.50. The van der Waals surface area contributed by atoms with Gasteiger partial charge < -0.3 is 14.6 Å². The maximum Gasteiger partial charge on any atom is 0.410 e. The van der Waals surface area contributed by atoms with Crippen molar-refractivity contribution in [3.05, 3.63) is 53.4 Å². The fourth-order valence-corrected chi connectivity index (χ4v) is 3.86. The minimum atomic E-state index is -0.224. The number of likely N-dealkylation sites (tertiary alicyclic amines) is 1. The fraction of sp³-hybridized carbons (Fsp3) is 0.474. The van der Waals surface area contributed by atoms with E-state index in [0.29, 0.717) is 6.54 Å². The first-order valence-electron chi connectivity index (χ1n) is 9.03. The third-order valence-electron chi connectivity index (χ3n) is 5.13. The van der Waals surface area contributed by atoms with E-state index in [9.17, 15) is 9.18 Å². The monoisotopic (exact) mass is 358 g/mol. The molecule has 2 fully saturated rings. The maximum atomic E-state index is 13.0. The van der Waals surface area contributed by atoms with E-state index < -0.39 is 0 Å². The van der Waals surface area contributed by atoms with Crippen LogP contribution in [0.2, 0.25) is 0 Å². The van der Waals surface area contributed by atoms with Crippen LogP contribution in [0.15, 0.2) is 30.5 Å². The summed E-state index contributed by atoms with van der Waals surface area (Å²) in [5.74, 6) is 0.687. The highest BCUT2D eigenvalue weighted by atomic mass is 19.1. The summed E-state index contributed by atoms with van der Waals surface area (Å²) in [5, 5.41) is 0. The third-order valence-corrected chi connectivity index (χ3v) is 5.13. The van der Waals surface area contributed by atoms with Gasteiger partial charge in [0.25, 0.3) is 0 Å². The topological polar surface area (TPSA) is 61.5 Å². The van der Waals surface area contributed by atoms with Crippen molar-refractivity contribution < 1.29 is 13.9 Å². The van der Waals surface area contributed by atoms with Gasteiger partial charge in [-0.2, -0.15) is 0 Å². The summed E-state index contributed by atoms with van der Waals surface area (Å²) >= 11 is 0. The molecule has 4 rings (SSSR count). The van der Waals surface area contributed by atoms with Crippen molar-refractivity contribution in [1.82, 2.24) is 19.8 Å². The molecular weight excluding hydrogens is 335 g/mol. The van der Waals surface area contributed by atoms with E-state index in [-0.39, 0.29) is 24.1 Å². The molecule has 3 heterocycles. The number of nitrogens with zero attached hydrogens (tertiary/aromatic N) is 3. The maximum absolute atomic E-state index is 13.0. The number of benzene rings is 1. The Morgan fingerprint density at radius 3 is 2.85 bits per heavy atom. The summed E-state index contributed by atoms with van der Waals surface area (Å²) in [4.78, 5) is 23.8. The van der Waals surface area contributed by atoms with Gasteiger partial charge in [-0.3, -0.25) is 4.90 Å². The van der Waals surface area contributed by atoms with Crippen LogP contribution in [0.3, 0.4) is 0 Å². The molecule has 0 radical (unpaired) electrons. The van der Waals surface area contributed by atoms with E-state index >= 15 is 0 Å². The number of aryl methyl sites for hydroxylation is 2. The van der Waals surface area contributed by atoms with Crippen LogP contribution in [0.25, 0.3) is 0 Å². The van der Waals surface area contributed by atoms with Crippen LogP contribution in [0.1, 0.15) is 23.5 Å². The number of hydrogen-bond donors (Lipinski definition) is 1. The highest BCUT2D eigenvalue weighted by Crippen LogP contribution is 2.28. The molecule has 26 heavy (non-hydrogen) atoms. The van der Waals surface area contributed by atoms with Crippen LogP contribution < -0.4 is 0 Å². The first-order valence-corrected chi connectivity index (χ1v) is 9.03. The molecule has 0 unspecified atom stereocenters. The van der Waals surface area contributed by atoms with Gasteiger partial charge in [0.1, 0.15) is 17.7 Å². The number of nitrogens with one attached hydrogen (secondary N) is 1. The van der Waals surface area contributed by atoms with Crippen LogP contribution in [-0.2, 0) is 17.7 Å². The number of H-pyrrole nitrogens is 1. The Hall–Kier alpha value is -2.41. The Morgan fingerprint density at radius 2 is 2.12 bits per heavy atom. The molecule has 2 aliphatic rings. The van der Waals surface area contributed by atoms with Crippen molar-refractivity contribution in [2.75, 3.05) is 19.6 Å². The van der Waals surface area contributed by atoms with E-state index in [1.165, 1.54) is 12.1 Å². The molecule has 0 spiro atoms. The minimum Gasteiger partial charge on any atom is -0.442 e. The number of aromatic nitrogens is 2. The highest BCUT2D eigenvalue weighted by Gasteiger charge is 2.47. The van der Waals surface area contributed by atoms with Crippen molar-refractivity contribution in [2.45, 2.75) is 38.5 Å². The average molecular weight is 358 g/mol. The second-order valence-corrected chi connectivity index (χ2v) is 7.10. The van der Waals surface area contributed by atoms with Crippen LogP contribution in [-0.4, -0.2) is 57.6 Å². The summed E-state index contributed by atoms with van der Waals surface area (Å²) in [6.07, 6.45) is 3.24. The zero-order valence-electron chi connectivity index (χ0n) is 14.8. The molecule has 2 aliphatic heterocycles. The first kappa shape index (κ1) is 17.0. The smallest absolute Gasteiger partial charge is 0.410 e. The summed E-state index contributed by atoms with van der Waals surface area (Å²) in [7, 11) is 0. The molecule has 6 nitrogen and oxygen atoms in total.